The molecule has 0 aliphatic carbocycles. The first kappa shape index (κ1) is 9.19. The van der Waals surface area contributed by atoms with Crippen LogP contribution in [0.2, 0.25) is 0 Å². The molecular weight excluding hydrogens is 160 g/mol. The van der Waals surface area contributed by atoms with E-state index in [9.17, 15) is 9.59 Å². The molecule has 0 N–H and O–H groups in total. The second-order valence-electron chi connectivity index (χ2n) is 2.82. The SMILES string of the molecule is CC(=O)OC1CCC(=O)[C@H](C)O1. The molecule has 0 saturated carbocycles. The van der Waals surface area contributed by atoms with Crippen LogP contribution in [-0.4, -0.2) is 24.1 Å². The minimum absolute atomic E-state index is 0.0680. The van der Waals surface area contributed by atoms with Crippen molar-refractivity contribution in [1.29, 1.82) is 0 Å². The van der Waals surface area contributed by atoms with Gasteiger partial charge in [-0.2, -0.15) is 0 Å². The van der Waals surface area contributed by atoms with Crippen molar-refractivity contribution in [3.8, 4) is 0 Å². The van der Waals surface area contributed by atoms with Crippen LogP contribution in [-0.2, 0) is 19.1 Å². The molecule has 4 nitrogen and oxygen atoms in total. The third kappa shape index (κ3) is 2.30. The second-order valence-corrected chi connectivity index (χ2v) is 2.82. The molecule has 0 radical (unpaired) electrons. The summed E-state index contributed by atoms with van der Waals surface area (Å²) >= 11 is 0. The van der Waals surface area contributed by atoms with E-state index in [1.165, 1.54) is 6.92 Å². The number of hydrogen-bond acceptors (Lipinski definition) is 4. The van der Waals surface area contributed by atoms with Crippen molar-refractivity contribution in [2.75, 3.05) is 0 Å². The molecule has 1 aliphatic rings. The molecule has 0 aromatic heterocycles. The van der Waals surface area contributed by atoms with Crippen molar-refractivity contribution in [1.82, 2.24) is 0 Å². The Kier molecular flexibility index (Phi) is 2.81. The molecule has 1 saturated heterocycles. The molecule has 2 atom stereocenters. The average molecular weight is 172 g/mol. The van der Waals surface area contributed by atoms with Gasteiger partial charge in [0, 0.05) is 19.8 Å². The van der Waals surface area contributed by atoms with Gasteiger partial charge in [-0.1, -0.05) is 0 Å². The summed E-state index contributed by atoms with van der Waals surface area (Å²) in [6.07, 6.45) is -0.0692. The summed E-state index contributed by atoms with van der Waals surface area (Å²) in [5.41, 5.74) is 0. The minimum Gasteiger partial charge on any atom is -0.436 e. The van der Waals surface area contributed by atoms with Gasteiger partial charge in [-0.25, -0.2) is 0 Å². The maximum Gasteiger partial charge on any atom is 0.304 e. The van der Waals surface area contributed by atoms with E-state index in [2.05, 4.69) is 0 Å². The van der Waals surface area contributed by atoms with Crippen LogP contribution < -0.4 is 0 Å². The zero-order valence-corrected chi connectivity index (χ0v) is 7.20. The van der Waals surface area contributed by atoms with Crippen molar-refractivity contribution in [3.63, 3.8) is 0 Å². The zero-order valence-electron chi connectivity index (χ0n) is 7.20. The van der Waals surface area contributed by atoms with Crippen molar-refractivity contribution in [2.24, 2.45) is 0 Å². The van der Waals surface area contributed by atoms with Gasteiger partial charge >= 0.3 is 5.97 Å². The first-order valence-corrected chi connectivity index (χ1v) is 3.95. The molecule has 1 heterocycles. The van der Waals surface area contributed by atoms with E-state index in [0.717, 1.165) is 0 Å². The van der Waals surface area contributed by atoms with E-state index < -0.39 is 12.4 Å². The number of ether oxygens (including phenoxy) is 2. The Balaban J connectivity index is 2.40. The third-order valence-electron chi connectivity index (χ3n) is 1.73. The van der Waals surface area contributed by atoms with Gasteiger partial charge in [0.1, 0.15) is 6.10 Å². The highest BCUT2D eigenvalue weighted by atomic mass is 16.7. The predicted molar refractivity (Wildman–Crippen MR) is 40.3 cm³/mol. The van der Waals surface area contributed by atoms with E-state index in [1.807, 2.05) is 0 Å². The Labute approximate surface area is 70.8 Å². The Morgan fingerprint density at radius 1 is 1.67 bits per heavy atom. The minimum atomic E-state index is -0.532. The first-order chi connectivity index (χ1) is 5.59. The summed E-state index contributed by atoms with van der Waals surface area (Å²) in [5, 5.41) is 0. The van der Waals surface area contributed by atoms with Gasteiger partial charge in [0.2, 0.25) is 6.29 Å². The van der Waals surface area contributed by atoms with Gasteiger partial charge in [0.05, 0.1) is 0 Å². The fraction of sp³-hybridized carbons (Fsp3) is 0.750. The van der Waals surface area contributed by atoms with Crippen molar-refractivity contribution in [3.05, 3.63) is 0 Å². The normalized spacial score (nSPS) is 30.0. The van der Waals surface area contributed by atoms with Gasteiger partial charge in [-0.15, -0.1) is 0 Å². The number of hydrogen-bond donors (Lipinski definition) is 0. The largest absolute Gasteiger partial charge is 0.436 e. The Morgan fingerprint density at radius 3 is 2.83 bits per heavy atom. The highest BCUT2D eigenvalue weighted by Gasteiger charge is 2.27. The molecule has 0 aromatic rings. The highest BCUT2D eigenvalue weighted by molar-refractivity contribution is 5.83. The zero-order chi connectivity index (χ0) is 9.14. The number of rotatable bonds is 1. The quantitative estimate of drug-likeness (QED) is 0.545. The summed E-state index contributed by atoms with van der Waals surface area (Å²) < 4.78 is 9.91. The number of esters is 1. The summed E-state index contributed by atoms with van der Waals surface area (Å²) in [5.74, 6) is -0.306. The highest BCUT2D eigenvalue weighted by Crippen LogP contribution is 2.16. The van der Waals surface area contributed by atoms with Crippen LogP contribution in [0.15, 0.2) is 0 Å². The number of carbonyl (C=O) groups excluding carboxylic acids is 2. The first-order valence-electron chi connectivity index (χ1n) is 3.95. The standard InChI is InChI=1S/C8H12O4/c1-5-7(10)3-4-8(11-5)12-6(2)9/h5,8H,3-4H2,1-2H3/t5-,8?/m0/s1. The lowest BCUT2D eigenvalue weighted by molar-refractivity contribution is -0.198. The molecule has 1 fully saturated rings. The lowest BCUT2D eigenvalue weighted by Crippen LogP contribution is -2.35. The summed E-state index contributed by atoms with van der Waals surface area (Å²) in [4.78, 5) is 21.5. The molecule has 0 bridgehead atoms. The van der Waals surface area contributed by atoms with Crippen LogP contribution in [0.4, 0.5) is 0 Å². The summed E-state index contributed by atoms with van der Waals surface area (Å²) in [7, 11) is 0. The summed E-state index contributed by atoms with van der Waals surface area (Å²) in [6.45, 7) is 2.99. The lowest BCUT2D eigenvalue weighted by atomic mass is 10.1. The molecule has 68 valence electrons. The van der Waals surface area contributed by atoms with Crippen LogP contribution >= 0.6 is 0 Å². The Morgan fingerprint density at radius 2 is 2.33 bits per heavy atom. The van der Waals surface area contributed by atoms with Crippen molar-refractivity contribution in [2.45, 2.75) is 39.1 Å². The fourth-order valence-electron chi connectivity index (χ4n) is 1.11. The van der Waals surface area contributed by atoms with Gasteiger partial charge in [0.15, 0.2) is 5.78 Å². The smallest absolute Gasteiger partial charge is 0.304 e. The third-order valence-corrected chi connectivity index (χ3v) is 1.73. The molecule has 12 heavy (non-hydrogen) atoms. The predicted octanol–water partition coefficient (Wildman–Crippen LogP) is 0.644. The lowest BCUT2D eigenvalue weighted by Gasteiger charge is -2.25. The summed E-state index contributed by atoms with van der Waals surface area (Å²) in [6, 6.07) is 0. The maximum atomic E-state index is 11.0. The van der Waals surface area contributed by atoms with E-state index in [4.69, 9.17) is 9.47 Å². The second kappa shape index (κ2) is 3.67. The average Bonchev–Trinajstić information content (AvgIpc) is 1.96. The number of ketones is 1. The van der Waals surface area contributed by atoms with Crippen LogP contribution in [0.5, 0.6) is 0 Å². The van der Waals surface area contributed by atoms with E-state index in [1.54, 1.807) is 6.92 Å². The van der Waals surface area contributed by atoms with Crippen LogP contribution in [0.25, 0.3) is 0 Å². The van der Waals surface area contributed by atoms with Crippen LogP contribution in [0.3, 0.4) is 0 Å². The van der Waals surface area contributed by atoms with E-state index in [-0.39, 0.29) is 11.8 Å². The van der Waals surface area contributed by atoms with Crippen LogP contribution in [0.1, 0.15) is 26.7 Å². The van der Waals surface area contributed by atoms with E-state index in [0.29, 0.717) is 12.8 Å². The molecule has 1 aliphatic heterocycles. The Hall–Kier alpha value is -0.900. The maximum absolute atomic E-state index is 11.0. The van der Waals surface area contributed by atoms with Crippen molar-refractivity contribution < 1.29 is 19.1 Å². The number of Topliss-reactive ketones (excluding diaryl/α,β-unsaturated/α-hetero) is 1. The number of carbonyl (C=O) groups is 2. The monoisotopic (exact) mass is 172 g/mol. The molecule has 1 rings (SSSR count). The van der Waals surface area contributed by atoms with Gasteiger partial charge in [0.25, 0.3) is 0 Å². The topological polar surface area (TPSA) is 52.6 Å². The van der Waals surface area contributed by atoms with Gasteiger partial charge in [-0.05, 0) is 6.92 Å². The van der Waals surface area contributed by atoms with Gasteiger partial charge in [-0.3, -0.25) is 9.59 Å². The molecule has 4 heteroatoms. The molecule has 1 unspecified atom stereocenters. The molecular formula is C8H12O4. The Bertz CT molecular complexity index is 199. The molecule has 0 aromatic carbocycles. The van der Waals surface area contributed by atoms with Crippen LogP contribution in [0, 0.1) is 0 Å². The molecule has 0 spiro atoms. The van der Waals surface area contributed by atoms with Gasteiger partial charge < -0.3 is 9.47 Å². The fourth-order valence-corrected chi connectivity index (χ4v) is 1.11. The molecule has 0 amide bonds. The van der Waals surface area contributed by atoms with E-state index >= 15 is 0 Å². The van der Waals surface area contributed by atoms with Crippen molar-refractivity contribution >= 4 is 11.8 Å².